The molecule has 0 aliphatic heterocycles. The highest BCUT2D eigenvalue weighted by molar-refractivity contribution is 6.27. The molecule has 21 heavy (non-hydrogen) atoms. The minimum Gasteiger partial charge on any atom is -0.478 e. The van der Waals surface area contributed by atoms with Crippen LogP contribution in [0.2, 0.25) is 0 Å². The molecule has 1 unspecified atom stereocenters. The molecule has 0 fully saturated rings. The zero-order valence-electron chi connectivity index (χ0n) is 11.7. The second kappa shape index (κ2) is 8.97. The van der Waals surface area contributed by atoms with E-state index in [4.69, 9.17) is 21.4 Å². The molecule has 1 atom stereocenters. The van der Waals surface area contributed by atoms with Gasteiger partial charge in [-0.1, -0.05) is 41.9 Å². The van der Waals surface area contributed by atoms with Gasteiger partial charge in [-0.15, -0.1) is 0 Å². The van der Waals surface area contributed by atoms with Crippen LogP contribution < -0.4 is 0 Å². The van der Waals surface area contributed by atoms with Crippen LogP contribution in [0.4, 0.5) is 0 Å². The summed E-state index contributed by atoms with van der Waals surface area (Å²) in [5, 5.41) is 8.81. The van der Waals surface area contributed by atoms with Crippen LogP contribution in [-0.4, -0.2) is 23.1 Å². The quantitative estimate of drug-likeness (QED) is 0.617. The van der Waals surface area contributed by atoms with Gasteiger partial charge in [0, 0.05) is 17.2 Å². The lowest BCUT2D eigenvalue weighted by Crippen LogP contribution is -2.14. The van der Waals surface area contributed by atoms with Crippen LogP contribution in [0, 0.1) is 0 Å². The predicted octanol–water partition coefficient (Wildman–Crippen LogP) is 3.62. The van der Waals surface area contributed by atoms with E-state index in [1.807, 2.05) is 30.3 Å². The van der Waals surface area contributed by atoms with Crippen LogP contribution in [0.25, 0.3) is 6.08 Å². The molecule has 0 saturated carbocycles. The van der Waals surface area contributed by atoms with Gasteiger partial charge in [-0.3, -0.25) is 0 Å². The van der Waals surface area contributed by atoms with Crippen LogP contribution in [0.1, 0.15) is 25.3 Å². The predicted molar refractivity (Wildman–Crippen MR) is 81.8 cm³/mol. The van der Waals surface area contributed by atoms with E-state index in [1.54, 1.807) is 13.0 Å². The normalized spacial score (nSPS) is 13.1. The average Bonchev–Trinajstić information content (AvgIpc) is 2.46. The first kappa shape index (κ1) is 17.0. The number of carbonyl (C=O) groups is 2. The van der Waals surface area contributed by atoms with E-state index in [9.17, 15) is 9.59 Å². The fourth-order valence-electron chi connectivity index (χ4n) is 1.59. The Morgan fingerprint density at radius 3 is 2.57 bits per heavy atom. The summed E-state index contributed by atoms with van der Waals surface area (Å²) in [7, 11) is 0. The Hall–Kier alpha value is -2.07. The molecule has 5 heteroatoms. The van der Waals surface area contributed by atoms with Crippen molar-refractivity contribution < 1.29 is 19.4 Å². The summed E-state index contributed by atoms with van der Waals surface area (Å²) in [6, 6.07) is 9.39. The third-order valence-electron chi connectivity index (χ3n) is 2.76. The van der Waals surface area contributed by atoms with E-state index in [0.29, 0.717) is 6.42 Å². The summed E-state index contributed by atoms with van der Waals surface area (Å²) in [5.74, 6) is -1.52. The molecular formula is C16H17ClO4. The van der Waals surface area contributed by atoms with E-state index < -0.39 is 11.9 Å². The van der Waals surface area contributed by atoms with E-state index in [-0.39, 0.29) is 18.1 Å². The fraction of sp³-hybridized carbons (Fsp3) is 0.250. The Morgan fingerprint density at radius 2 is 2.00 bits per heavy atom. The number of carboxylic acids is 1. The molecular weight excluding hydrogens is 292 g/mol. The first-order valence-electron chi connectivity index (χ1n) is 6.49. The second-order valence-electron chi connectivity index (χ2n) is 4.47. The number of rotatable bonds is 7. The minimum absolute atomic E-state index is 0.0967. The van der Waals surface area contributed by atoms with Crippen molar-refractivity contribution in [3.8, 4) is 0 Å². The first-order chi connectivity index (χ1) is 10.0. The van der Waals surface area contributed by atoms with Crippen molar-refractivity contribution in [2.45, 2.75) is 25.9 Å². The van der Waals surface area contributed by atoms with Crippen molar-refractivity contribution in [2.75, 3.05) is 0 Å². The molecule has 112 valence electrons. The highest BCUT2D eigenvalue weighted by Gasteiger charge is 2.11. The lowest BCUT2D eigenvalue weighted by molar-refractivity contribution is -0.142. The molecule has 0 aliphatic carbocycles. The van der Waals surface area contributed by atoms with Crippen molar-refractivity contribution in [3.05, 3.63) is 53.1 Å². The number of carbonyl (C=O) groups excluding carboxylic acids is 1. The molecule has 0 aromatic heterocycles. The van der Waals surface area contributed by atoms with Gasteiger partial charge in [0.1, 0.15) is 0 Å². The summed E-state index contributed by atoms with van der Waals surface area (Å²) >= 11 is 5.41. The average molecular weight is 309 g/mol. The van der Waals surface area contributed by atoms with Gasteiger partial charge in [0.2, 0.25) is 0 Å². The number of ether oxygens (including phenoxy) is 1. The Balaban J connectivity index is 2.41. The Morgan fingerprint density at radius 1 is 1.33 bits per heavy atom. The van der Waals surface area contributed by atoms with Gasteiger partial charge in [0.15, 0.2) is 0 Å². The largest absolute Gasteiger partial charge is 0.478 e. The van der Waals surface area contributed by atoms with Crippen LogP contribution in [0.5, 0.6) is 0 Å². The number of benzene rings is 1. The number of hydrogen-bond acceptors (Lipinski definition) is 3. The molecule has 1 aromatic rings. The van der Waals surface area contributed by atoms with Crippen LogP contribution >= 0.6 is 11.6 Å². The molecule has 1 rings (SSSR count). The summed E-state index contributed by atoms with van der Waals surface area (Å²) in [5.41, 5.74) is 2.03. The van der Waals surface area contributed by atoms with Gasteiger partial charge in [0.05, 0.1) is 6.10 Å². The molecule has 0 amide bonds. The highest BCUT2D eigenvalue weighted by atomic mass is 35.5. The SMILES string of the molecule is CC(CCC(=CCl)C(=O)O)OC(=O)C=Cc1ccccc1. The zero-order chi connectivity index (χ0) is 15.7. The third-order valence-corrected chi connectivity index (χ3v) is 3.02. The van der Waals surface area contributed by atoms with E-state index in [2.05, 4.69) is 0 Å². The lowest BCUT2D eigenvalue weighted by Gasteiger charge is -2.11. The number of halogens is 1. The topological polar surface area (TPSA) is 63.6 Å². The van der Waals surface area contributed by atoms with Gasteiger partial charge in [-0.2, -0.15) is 0 Å². The maximum atomic E-state index is 11.6. The monoisotopic (exact) mass is 308 g/mol. The van der Waals surface area contributed by atoms with Gasteiger partial charge >= 0.3 is 11.9 Å². The Labute approximate surface area is 128 Å². The number of hydrogen-bond donors (Lipinski definition) is 1. The molecule has 0 aliphatic rings. The number of carboxylic acid groups (broad SMARTS) is 1. The molecule has 0 spiro atoms. The van der Waals surface area contributed by atoms with Crippen LogP contribution in [0.3, 0.4) is 0 Å². The molecule has 0 radical (unpaired) electrons. The molecule has 4 nitrogen and oxygen atoms in total. The van der Waals surface area contributed by atoms with Gasteiger partial charge < -0.3 is 9.84 Å². The molecule has 0 saturated heterocycles. The summed E-state index contributed by atoms with van der Waals surface area (Å²) < 4.78 is 5.16. The van der Waals surface area contributed by atoms with Crippen molar-refractivity contribution >= 4 is 29.6 Å². The maximum Gasteiger partial charge on any atom is 0.332 e. The zero-order valence-corrected chi connectivity index (χ0v) is 12.4. The van der Waals surface area contributed by atoms with E-state index in [1.165, 1.54) is 6.08 Å². The molecule has 0 bridgehead atoms. The van der Waals surface area contributed by atoms with Crippen molar-refractivity contribution in [1.82, 2.24) is 0 Å². The number of aliphatic carboxylic acids is 1. The van der Waals surface area contributed by atoms with Crippen molar-refractivity contribution in [2.24, 2.45) is 0 Å². The van der Waals surface area contributed by atoms with E-state index in [0.717, 1.165) is 11.1 Å². The van der Waals surface area contributed by atoms with Gasteiger partial charge in [0.25, 0.3) is 0 Å². The summed E-state index contributed by atoms with van der Waals surface area (Å²) in [6.45, 7) is 1.71. The molecule has 1 N–H and O–H groups in total. The second-order valence-corrected chi connectivity index (χ2v) is 4.69. The molecule has 0 heterocycles. The van der Waals surface area contributed by atoms with Crippen LogP contribution in [0.15, 0.2) is 47.5 Å². The van der Waals surface area contributed by atoms with E-state index >= 15 is 0 Å². The van der Waals surface area contributed by atoms with Crippen molar-refractivity contribution in [1.29, 1.82) is 0 Å². The highest BCUT2D eigenvalue weighted by Crippen LogP contribution is 2.12. The van der Waals surface area contributed by atoms with Crippen LogP contribution in [-0.2, 0) is 14.3 Å². The fourth-order valence-corrected chi connectivity index (χ4v) is 1.79. The first-order valence-corrected chi connectivity index (χ1v) is 6.93. The Bertz CT molecular complexity index is 534. The molecule has 1 aromatic carbocycles. The van der Waals surface area contributed by atoms with Gasteiger partial charge in [-0.25, -0.2) is 9.59 Å². The third kappa shape index (κ3) is 6.77. The smallest absolute Gasteiger partial charge is 0.332 e. The Kier molecular flexibility index (Phi) is 7.26. The number of esters is 1. The minimum atomic E-state index is -1.06. The summed E-state index contributed by atoms with van der Waals surface area (Å²) in [6.07, 6.45) is 3.27. The standard InChI is InChI=1S/C16H17ClO4/c1-12(7-9-14(11-17)16(19)20)21-15(18)10-8-13-5-3-2-4-6-13/h2-6,8,10-12H,7,9H2,1H3,(H,19,20). The summed E-state index contributed by atoms with van der Waals surface area (Å²) in [4.78, 5) is 22.4. The maximum absolute atomic E-state index is 11.6. The van der Waals surface area contributed by atoms with Gasteiger partial charge in [-0.05, 0) is 31.4 Å². The lowest BCUT2D eigenvalue weighted by atomic mass is 10.1. The van der Waals surface area contributed by atoms with Crippen molar-refractivity contribution in [3.63, 3.8) is 0 Å².